The van der Waals surface area contributed by atoms with Crippen LogP contribution in [0.25, 0.3) is 11.0 Å². The number of hydrogen-bond donors (Lipinski definition) is 1. The average Bonchev–Trinajstić information content (AvgIpc) is 3.03. The van der Waals surface area contributed by atoms with Gasteiger partial charge in [-0.3, -0.25) is 9.47 Å². The molecule has 162 valence electrons. The topological polar surface area (TPSA) is 79.7 Å². The van der Waals surface area contributed by atoms with Crippen molar-refractivity contribution < 1.29 is 19.3 Å². The van der Waals surface area contributed by atoms with E-state index in [1.165, 1.54) is 10.9 Å². The van der Waals surface area contributed by atoms with Gasteiger partial charge in [0.25, 0.3) is 6.34 Å². The van der Waals surface area contributed by atoms with Gasteiger partial charge in [-0.2, -0.15) is 0 Å². The molecule has 0 aliphatic carbocycles. The molecule has 9 heteroatoms. The molecule has 1 N–H and O–H groups in total. The Morgan fingerprint density at radius 2 is 1.94 bits per heavy atom. The van der Waals surface area contributed by atoms with Gasteiger partial charge in [0.1, 0.15) is 5.75 Å². The van der Waals surface area contributed by atoms with E-state index in [2.05, 4.69) is 9.89 Å². The number of nitrogens with zero attached hydrogens (tertiary/aromatic N) is 3. The number of halogens is 1. The van der Waals surface area contributed by atoms with Gasteiger partial charge in [0.2, 0.25) is 0 Å². The number of carbonyl (C=O) groups is 1. The van der Waals surface area contributed by atoms with Crippen LogP contribution >= 0.6 is 11.6 Å². The second kappa shape index (κ2) is 9.47. The Morgan fingerprint density at radius 3 is 2.68 bits per heavy atom. The fourth-order valence-electron chi connectivity index (χ4n) is 3.53. The predicted octanol–water partition coefficient (Wildman–Crippen LogP) is 0.617. The molecule has 0 atom stereocenters. The Hall–Kier alpha value is -2.94. The van der Waals surface area contributed by atoms with E-state index >= 15 is 0 Å². The van der Waals surface area contributed by atoms with E-state index in [1.54, 1.807) is 22.8 Å². The molecule has 1 aliphatic rings. The Morgan fingerprint density at radius 1 is 1.19 bits per heavy atom. The van der Waals surface area contributed by atoms with Gasteiger partial charge in [-0.15, -0.1) is 4.57 Å². The predicted molar refractivity (Wildman–Crippen MR) is 118 cm³/mol. The summed E-state index contributed by atoms with van der Waals surface area (Å²) < 4.78 is 14.1. The molecule has 1 aliphatic heterocycles. The fraction of sp³-hybridized carbons (Fsp3) is 0.318. The minimum atomic E-state index is -0.369. The molecule has 0 spiro atoms. The highest BCUT2D eigenvalue weighted by molar-refractivity contribution is 6.30. The van der Waals surface area contributed by atoms with Gasteiger partial charge in [0, 0.05) is 18.1 Å². The minimum absolute atomic E-state index is 0.180. The van der Waals surface area contributed by atoms with Crippen LogP contribution in [-0.2, 0) is 16.2 Å². The fourth-order valence-corrected chi connectivity index (χ4v) is 3.76. The van der Waals surface area contributed by atoms with Crippen molar-refractivity contribution in [2.75, 3.05) is 32.9 Å². The van der Waals surface area contributed by atoms with Crippen molar-refractivity contribution in [3.8, 4) is 5.75 Å². The first-order valence-corrected chi connectivity index (χ1v) is 10.4. The van der Waals surface area contributed by atoms with Gasteiger partial charge in [-0.25, -0.2) is 14.6 Å². The van der Waals surface area contributed by atoms with Crippen LogP contribution in [0, 0.1) is 6.92 Å². The van der Waals surface area contributed by atoms with E-state index < -0.39 is 0 Å². The minimum Gasteiger partial charge on any atom is -0.481 e. The zero-order chi connectivity index (χ0) is 21.8. The van der Waals surface area contributed by atoms with Crippen molar-refractivity contribution in [3.63, 3.8) is 0 Å². The number of benzene rings is 2. The molecule has 1 amide bonds. The molecule has 1 saturated heterocycles. The third kappa shape index (κ3) is 4.87. The Kier molecular flexibility index (Phi) is 6.50. The Balaban J connectivity index is 1.52. The van der Waals surface area contributed by atoms with Crippen molar-refractivity contribution >= 4 is 34.9 Å². The number of fused-ring (bicyclic) bond motifs is 1. The van der Waals surface area contributed by atoms with Crippen molar-refractivity contribution in [1.82, 2.24) is 14.0 Å². The monoisotopic (exact) mass is 443 g/mol. The van der Waals surface area contributed by atoms with Crippen LogP contribution in [0.2, 0.25) is 5.02 Å². The lowest BCUT2D eigenvalue weighted by Gasteiger charge is -2.26. The third-order valence-electron chi connectivity index (χ3n) is 5.16. The second-order valence-corrected chi connectivity index (χ2v) is 7.77. The zero-order valence-electron chi connectivity index (χ0n) is 17.2. The number of rotatable bonds is 6. The molecule has 8 nitrogen and oxygen atoms in total. The highest BCUT2D eigenvalue weighted by atomic mass is 35.5. The van der Waals surface area contributed by atoms with E-state index in [4.69, 9.17) is 21.1 Å². The van der Waals surface area contributed by atoms with Gasteiger partial charge in [0.15, 0.2) is 12.1 Å². The largest absolute Gasteiger partial charge is 0.481 e. The summed E-state index contributed by atoms with van der Waals surface area (Å²) in [5, 5.41) is 0.607. The smallest absolute Gasteiger partial charge is 0.421 e. The van der Waals surface area contributed by atoms with E-state index in [0.29, 0.717) is 30.7 Å². The number of hydrogen-bond acceptors (Lipinski definition) is 5. The van der Waals surface area contributed by atoms with Gasteiger partial charge < -0.3 is 9.47 Å². The summed E-state index contributed by atoms with van der Waals surface area (Å²) in [7, 11) is 0. The second-order valence-electron chi connectivity index (χ2n) is 7.34. The first-order valence-electron chi connectivity index (χ1n) is 10.0. The summed E-state index contributed by atoms with van der Waals surface area (Å²) in [5.41, 5.74) is 2.14. The van der Waals surface area contributed by atoms with Crippen molar-refractivity contribution in [2.45, 2.75) is 13.6 Å². The molecule has 3 aromatic rings. The number of nitrogens with one attached hydrogen (secondary N) is 1. The molecular weight excluding hydrogens is 420 g/mol. The van der Waals surface area contributed by atoms with Crippen LogP contribution in [0.1, 0.15) is 5.56 Å². The lowest BCUT2D eigenvalue weighted by molar-refractivity contribution is -0.376. The lowest BCUT2D eigenvalue weighted by atomic mass is 10.2. The molecule has 2 aromatic carbocycles. The third-order valence-corrected chi connectivity index (χ3v) is 5.40. The molecule has 2 heterocycles. The van der Waals surface area contributed by atoms with Gasteiger partial charge in [0.05, 0.1) is 25.4 Å². The van der Waals surface area contributed by atoms with Crippen molar-refractivity contribution in [1.29, 1.82) is 0 Å². The van der Waals surface area contributed by atoms with Crippen molar-refractivity contribution in [2.24, 2.45) is 0 Å². The van der Waals surface area contributed by atoms with Crippen LogP contribution in [0.4, 0.5) is 0 Å². The van der Waals surface area contributed by atoms with E-state index in [9.17, 15) is 9.59 Å². The van der Waals surface area contributed by atoms with E-state index in [0.717, 1.165) is 29.7 Å². The standard InChI is InChI=1S/C22H23ClN4O4/c1-16-12-17(23)6-7-20(16)31-13-21(28)24-14-26-18-4-2-3-5-19(18)27(22(26)29)15-25-8-10-30-11-9-25/h2-7,12,14H,8-11,13,15H2,1H3/p+1. The van der Waals surface area contributed by atoms with Gasteiger partial charge >= 0.3 is 11.6 Å². The van der Waals surface area contributed by atoms with E-state index in [1.807, 2.05) is 31.2 Å². The number of ether oxygens (including phenoxy) is 2. The number of carbonyl (C=O) groups excluding carboxylic acids is 1. The molecule has 1 fully saturated rings. The first kappa shape index (κ1) is 21.3. The summed E-state index contributed by atoms with van der Waals surface area (Å²) >= 11 is 5.94. The van der Waals surface area contributed by atoms with Gasteiger partial charge in [-0.05, 0) is 42.8 Å². The molecular formula is C22H24ClN4O4+. The van der Waals surface area contributed by atoms with Crippen LogP contribution in [0.15, 0.2) is 47.3 Å². The molecule has 0 unspecified atom stereocenters. The van der Waals surface area contributed by atoms with Crippen LogP contribution in [0.5, 0.6) is 5.75 Å². The van der Waals surface area contributed by atoms with E-state index in [-0.39, 0.29) is 18.2 Å². The SMILES string of the molecule is Cc1cc(Cl)ccc1OCC(=O)[NH+]=Cn1c(=O)n(CN2CCOCC2)c2ccccc21. The quantitative estimate of drug-likeness (QED) is 0.446. The maximum atomic E-state index is 13.1. The molecule has 31 heavy (non-hydrogen) atoms. The Labute approximate surface area is 184 Å². The Bertz CT molecular complexity index is 1180. The first-order chi connectivity index (χ1) is 15.0. The van der Waals surface area contributed by atoms with Crippen molar-refractivity contribution in [3.05, 3.63) is 63.5 Å². The summed E-state index contributed by atoms with van der Waals surface area (Å²) in [6.07, 6.45) is 1.39. The van der Waals surface area contributed by atoms with Crippen LogP contribution in [-0.4, -0.2) is 59.2 Å². The number of aryl methyl sites for hydroxylation is 1. The summed E-state index contributed by atoms with van der Waals surface area (Å²) in [6, 6.07) is 12.7. The summed E-state index contributed by atoms with van der Waals surface area (Å²) in [6.45, 7) is 5.00. The molecule has 0 saturated carbocycles. The number of para-hydroxylation sites is 2. The van der Waals surface area contributed by atoms with Gasteiger partial charge in [-0.1, -0.05) is 23.7 Å². The molecule has 0 bridgehead atoms. The molecule has 4 rings (SSSR count). The maximum Gasteiger partial charge on any atom is 0.421 e. The maximum absolute atomic E-state index is 13.1. The van der Waals surface area contributed by atoms with Crippen LogP contribution in [0.3, 0.4) is 0 Å². The zero-order valence-corrected chi connectivity index (χ0v) is 18.0. The normalized spacial score (nSPS) is 15.0. The number of morpholine rings is 1. The van der Waals surface area contributed by atoms with Crippen LogP contribution < -0.4 is 15.4 Å². The average molecular weight is 444 g/mol. The number of aromatic nitrogens is 2. The highest BCUT2D eigenvalue weighted by Crippen LogP contribution is 2.21. The molecule has 0 radical (unpaired) electrons. The number of amides is 1. The molecule has 1 aromatic heterocycles. The highest BCUT2D eigenvalue weighted by Gasteiger charge is 2.20. The summed E-state index contributed by atoms with van der Waals surface area (Å²) in [4.78, 5) is 30.2. The lowest BCUT2D eigenvalue weighted by Crippen LogP contribution is -2.76. The number of imidazole rings is 1. The summed E-state index contributed by atoms with van der Waals surface area (Å²) in [5.74, 6) is 0.213.